The van der Waals surface area contributed by atoms with E-state index in [4.69, 9.17) is 0 Å². The maximum Gasteiger partial charge on any atom is 0.0964 e. The average Bonchev–Trinajstić information content (AvgIpc) is 1.83. The Hall–Kier alpha value is 0.140. The third-order valence-electron chi connectivity index (χ3n) is 1.53. The fraction of sp³-hybridized carbons (Fsp3) is 0.429. The summed E-state index contributed by atoms with van der Waals surface area (Å²) in [5.41, 5.74) is -0.852. The van der Waals surface area contributed by atoms with Crippen molar-refractivity contribution in [2.75, 3.05) is 0 Å². The van der Waals surface area contributed by atoms with Crippen LogP contribution in [-0.2, 0) is 0 Å². The van der Waals surface area contributed by atoms with Crippen molar-refractivity contribution in [1.82, 2.24) is 0 Å². The van der Waals surface area contributed by atoms with E-state index in [1.54, 1.807) is 19.1 Å². The Labute approximate surface area is 71.6 Å². The molecular weight excluding hydrogens is 164 g/mol. The Bertz CT molecular complexity index is 194. The van der Waals surface area contributed by atoms with E-state index in [1.165, 1.54) is 0 Å². The fourth-order valence-corrected chi connectivity index (χ4v) is 1.34. The Morgan fingerprint density at radius 1 is 1.70 bits per heavy atom. The van der Waals surface area contributed by atoms with Gasteiger partial charge in [0, 0.05) is 0 Å². The van der Waals surface area contributed by atoms with Gasteiger partial charge in [-0.1, -0.05) is 18.2 Å². The predicted octanol–water partition coefficient (Wildman–Crippen LogP) is 1.42. The van der Waals surface area contributed by atoms with Crippen LogP contribution in [0.5, 0.6) is 0 Å². The summed E-state index contributed by atoms with van der Waals surface area (Å²) in [6.07, 6.45) is 5.33. The molecule has 0 spiro atoms. The zero-order valence-corrected chi connectivity index (χ0v) is 7.44. The molecule has 0 saturated carbocycles. The van der Waals surface area contributed by atoms with Crippen LogP contribution >= 0.6 is 25.3 Å². The van der Waals surface area contributed by atoms with E-state index in [9.17, 15) is 5.11 Å². The molecule has 0 radical (unpaired) electrons. The van der Waals surface area contributed by atoms with Crippen molar-refractivity contribution in [3.8, 4) is 0 Å². The van der Waals surface area contributed by atoms with Gasteiger partial charge in [-0.3, -0.25) is 0 Å². The molecule has 1 rings (SSSR count). The van der Waals surface area contributed by atoms with Crippen LogP contribution in [0.25, 0.3) is 0 Å². The predicted molar refractivity (Wildman–Crippen MR) is 49.6 cm³/mol. The number of aliphatic hydroxyl groups is 1. The lowest BCUT2D eigenvalue weighted by Crippen LogP contribution is -2.34. The summed E-state index contributed by atoms with van der Waals surface area (Å²) >= 11 is 8.33. The molecule has 2 unspecified atom stereocenters. The number of allylic oxidation sites excluding steroid dienone is 2. The quantitative estimate of drug-likeness (QED) is 0.474. The maximum atomic E-state index is 9.56. The molecule has 0 heterocycles. The molecule has 0 amide bonds. The lowest BCUT2D eigenvalue weighted by Gasteiger charge is -2.28. The standard InChI is InChI=1S/C7H10OS2/c1-7(8)4-2-3-5(9)6(7)10/h2-4,6,8-10H,1H3. The molecule has 0 aromatic carbocycles. The average molecular weight is 174 g/mol. The summed E-state index contributed by atoms with van der Waals surface area (Å²) in [5, 5.41) is 9.37. The SMILES string of the molecule is CC1(O)C=CC=C(S)C1S. The van der Waals surface area contributed by atoms with Crippen molar-refractivity contribution in [3.05, 3.63) is 23.1 Å². The van der Waals surface area contributed by atoms with Gasteiger partial charge >= 0.3 is 0 Å². The van der Waals surface area contributed by atoms with E-state index in [0.717, 1.165) is 4.91 Å². The normalized spacial score (nSPS) is 39.6. The molecule has 0 fully saturated rings. The first-order valence-corrected chi connectivity index (χ1v) is 3.99. The summed E-state index contributed by atoms with van der Waals surface area (Å²) in [6.45, 7) is 1.71. The van der Waals surface area contributed by atoms with Crippen molar-refractivity contribution in [3.63, 3.8) is 0 Å². The van der Waals surface area contributed by atoms with Gasteiger partial charge in [0.05, 0.1) is 10.9 Å². The second-order valence-electron chi connectivity index (χ2n) is 2.58. The highest BCUT2D eigenvalue weighted by Crippen LogP contribution is 2.29. The van der Waals surface area contributed by atoms with Crippen LogP contribution in [0.1, 0.15) is 6.92 Å². The van der Waals surface area contributed by atoms with Crippen LogP contribution in [0.3, 0.4) is 0 Å². The van der Waals surface area contributed by atoms with Gasteiger partial charge in [0.1, 0.15) is 0 Å². The first kappa shape index (κ1) is 8.24. The first-order valence-electron chi connectivity index (χ1n) is 3.03. The van der Waals surface area contributed by atoms with Gasteiger partial charge in [0.2, 0.25) is 0 Å². The monoisotopic (exact) mass is 174 g/mol. The van der Waals surface area contributed by atoms with Gasteiger partial charge in [0.15, 0.2) is 0 Å². The van der Waals surface area contributed by atoms with E-state index < -0.39 is 5.60 Å². The summed E-state index contributed by atoms with van der Waals surface area (Å²) < 4.78 is 0. The summed E-state index contributed by atoms with van der Waals surface area (Å²) in [5.74, 6) is 0. The largest absolute Gasteiger partial charge is 0.385 e. The highest BCUT2D eigenvalue weighted by Gasteiger charge is 2.29. The molecule has 1 aliphatic carbocycles. The zero-order chi connectivity index (χ0) is 7.78. The van der Waals surface area contributed by atoms with Crippen molar-refractivity contribution >= 4 is 25.3 Å². The van der Waals surface area contributed by atoms with Gasteiger partial charge in [-0.15, -0.1) is 12.6 Å². The Kier molecular flexibility index (Phi) is 2.18. The highest BCUT2D eigenvalue weighted by molar-refractivity contribution is 7.88. The second kappa shape index (κ2) is 2.64. The van der Waals surface area contributed by atoms with Crippen molar-refractivity contribution in [1.29, 1.82) is 0 Å². The maximum absolute atomic E-state index is 9.56. The molecule has 1 aliphatic rings. The first-order chi connectivity index (χ1) is 4.54. The summed E-state index contributed by atoms with van der Waals surface area (Å²) in [4.78, 5) is 0.802. The summed E-state index contributed by atoms with van der Waals surface area (Å²) in [6, 6.07) is 0. The van der Waals surface area contributed by atoms with E-state index in [2.05, 4.69) is 25.3 Å². The number of thiol groups is 2. The van der Waals surface area contributed by atoms with Crippen LogP contribution in [0.4, 0.5) is 0 Å². The molecule has 0 aromatic rings. The molecule has 3 heteroatoms. The summed E-state index contributed by atoms with van der Waals surface area (Å²) in [7, 11) is 0. The zero-order valence-electron chi connectivity index (χ0n) is 5.65. The molecule has 1 N–H and O–H groups in total. The lowest BCUT2D eigenvalue weighted by atomic mass is 9.97. The minimum Gasteiger partial charge on any atom is -0.385 e. The van der Waals surface area contributed by atoms with Crippen molar-refractivity contribution in [2.45, 2.75) is 17.8 Å². The fourth-order valence-electron chi connectivity index (χ4n) is 0.823. The van der Waals surface area contributed by atoms with E-state index in [-0.39, 0.29) is 5.25 Å². The number of hydrogen-bond donors (Lipinski definition) is 3. The van der Waals surface area contributed by atoms with Gasteiger partial charge in [-0.2, -0.15) is 12.6 Å². The minimum atomic E-state index is -0.852. The number of rotatable bonds is 0. The van der Waals surface area contributed by atoms with Crippen LogP contribution in [-0.4, -0.2) is 16.0 Å². The molecule has 0 bridgehead atoms. The second-order valence-corrected chi connectivity index (χ2v) is 3.61. The van der Waals surface area contributed by atoms with Crippen LogP contribution in [0, 0.1) is 0 Å². The molecule has 2 atom stereocenters. The van der Waals surface area contributed by atoms with E-state index in [1.807, 2.05) is 6.08 Å². The Balaban J connectivity index is 2.89. The van der Waals surface area contributed by atoms with Crippen molar-refractivity contribution in [2.24, 2.45) is 0 Å². The van der Waals surface area contributed by atoms with Crippen LogP contribution in [0.2, 0.25) is 0 Å². The highest BCUT2D eigenvalue weighted by atomic mass is 32.1. The van der Waals surface area contributed by atoms with Crippen LogP contribution in [0.15, 0.2) is 23.1 Å². The lowest BCUT2D eigenvalue weighted by molar-refractivity contribution is 0.119. The topological polar surface area (TPSA) is 20.2 Å². The molecule has 56 valence electrons. The Morgan fingerprint density at radius 3 is 2.70 bits per heavy atom. The number of hydrogen-bond acceptors (Lipinski definition) is 3. The molecule has 0 aliphatic heterocycles. The van der Waals surface area contributed by atoms with Gasteiger partial charge < -0.3 is 5.11 Å². The molecule has 1 nitrogen and oxygen atoms in total. The Morgan fingerprint density at radius 2 is 2.30 bits per heavy atom. The van der Waals surface area contributed by atoms with Gasteiger partial charge in [-0.25, -0.2) is 0 Å². The van der Waals surface area contributed by atoms with Gasteiger partial charge in [0.25, 0.3) is 0 Å². The smallest absolute Gasteiger partial charge is 0.0964 e. The third kappa shape index (κ3) is 1.41. The van der Waals surface area contributed by atoms with Gasteiger partial charge in [-0.05, 0) is 11.8 Å². The molecule has 10 heavy (non-hydrogen) atoms. The third-order valence-corrected chi connectivity index (χ3v) is 2.95. The molecular formula is C7H10OS2. The van der Waals surface area contributed by atoms with Crippen molar-refractivity contribution < 1.29 is 5.11 Å². The minimum absolute atomic E-state index is 0.194. The van der Waals surface area contributed by atoms with E-state index >= 15 is 0 Å². The van der Waals surface area contributed by atoms with Crippen LogP contribution < -0.4 is 0 Å². The molecule has 0 aromatic heterocycles. The molecule has 0 saturated heterocycles. The van der Waals surface area contributed by atoms with E-state index in [0.29, 0.717) is 0 Å².